The monoisotopic (exact) mass is 360 g/mol. The average molecular weight is 362 g/mol. The van der Waals surface area contributed by atoms with Crippen molar-refractivity contribution >= 4 is 27.5 Å². The van der Waals surface area contributed by atoms with Gasteiger partial charge in [0.25, 0.3) is 0 Å². The molecule has 0 spiro atoms. The van der Waals surface area contributed by atoms with Gasteiger partial charge in [-0.25, -0.2) is 0 Å². The summed E-state index contributed by atoms with van der Waals surface area (Å²) in [6, 6.07) is 3.86. The second-order valence-corrected chi connectivity index (χ2v) is 6.58. The van der Waals surface area contributed by atoms with Crippen molar-refractivity contribution in [1.29, 1.82) is 0 Å². The molecular formula is C15H18BrClO3. The van der Waals surface area contributed by atoms with Gasteiger partial charge in [-0.15, -0.1) is 0 Å². The van der Waals surface area contributed by atoms with Gasteiger partial charge < -0.3 is 14.2 Å². The average Bonchev–Trinajstić information content (AvgIpc) is 2.94. The van der Waals surface area contributed by atoms with Gasteiger partial charge in [0.1, 0.15) is 13.2 Å². The van der Waals surface area contributed by atoms with Crippen LogP contribution in [0.15, 0.2) is 12.1 Å². The zero-order valence-corrected chi connectivity index (χ0v) is 13.7. The predicted molar refractivity (Wildman–Crippen MR) is 82.2 cm³/mol. The number of alkyl halides is 1. The number of hydrogen-bond acceptors (Lipinski definition) is 3. The lowest BCUT2D eigenvalue weighted by Crippen LogP contribution is -2.20. The van der Waals surface area contributed by atoms with E-state index < -0.39 is 0 Å². The van der Waals surface area contributed by atoms with Crippen molar-refractivity contribution in [2.45, 2.75) is 30.7 Å². The van der Waals surface area contributed by atoms with Crippen LogP contribution in [0.5, 0.6) is 11.5 Å². The molecule has 110 valence electrons. The molecule has 2 aliphatic rings. The first-order chi connectivity index (χ1) is 9.70. The molecule has 20 heavy (non-hydrogen) atoms. The third kappa shape index (κ3) is 2.66. The van der Waals surface area contributed by atoms with Gasteiger partial charge in [0, 0.05) is 28.4 Å². The second kappa shape index (κ2) is 6.12. The normalized spacial score (nSPS) is 26.6. The van der Waals surface area contributed by atoms with Gasteiger partial charge in [0.15, 0.2) is 11.5 Å². The zero-order valence-electron chi connectivity index (χ0n) is 11.4. The minimum Gasteiger partial charge on any atom is -0.486 e. The minimum atomic E-state index is 0.179. The molecule has 0 radical (unpaired) electrons. The van der Waals surface area contributed by atoms with Gasteiger partial charge in [0.2, 0.25) is 0 Å². The van der Waals surface area contributed by atoms with Crippen molar-refractivity contribution in [2.24, 2.45) is 5.92 Å². The van der Waals surface area contributed by atoms with Gasteiger partial charge in [-0.1, -0.05) is 34.5 Å². The molecule has 3 atom stereocenters. The van der Waals surface area contributed by atoms with E-state index in [2.05, 4.69) is 22.9 Å². The smallest absolute Gasteiger partial charge is 0.162 e. The van der Waals surface area contributed by atoms with E-state index in [0.717, 1.165) is 41.5 Å². The molecule has 3 nitrogen and oxygen atoms in total. The predicted octanol–water partition coefficient (Wildman–Crippen LogP) is 4.36. The zero-order chi connectivity index (χ0) is 14.1. The molecule has 0 saturated carbocycles. The Kier molecular flexibility index (Phi) is 4.43. The number of halogens is 2. The van der Waals surface area contributed by atoms with Crippen LogP contribution in [0, 0.1) is 5.92 Å². The summed E-state index contributed by atoms with van der Waals surface area (Å²) < 4.78 is 17.0. The van der Waals surface area contributed by atoms with E-state index in [9.17, 15) is 0 Å². The molecule has 0 bridgehead atoms. The molecule has 1 fully saturated rings. The van der Waals surface area contributed by atoms with Gasteiger partial charge in [-0.05, 0) is 24.5 Å². The molecule has 2 heterocycles. The van der Waals surface area contributed by atoms with Crippen LogP contribution < -0.4 is 9.47 Å². The number of ether oxygens (including phenoxy) is 3. The first-order valence-electron chi connectivity index (χ1n) is 7.05. The van der Waals surface area contributed by atoms with E-state index in [1.807, 2.05) is 12.1 Å². The summed E-state index contributed by atoms with van der Waals surface area (Å²) in [6.45, 7) is 4.15. The SMILES string of the molecule is CCC1OCCC1C(Br)c1cc2c(cc1Cl)OCCO2. The quantitative estimate of drug-likeness (QED) is 0.749. The Labute approximate surface area is 132 Å². The Morgan fingerprint density at radius 3 is 2.65 bits per heavy atom. The highest BCUT2D eigenvalue weighted by atomic mass is 79.9. The Morgan fingerprint density at radius 2 is 1.95 bits per heavy atom. The molecule has 0 N–H and O–H groups in total. The van der Waals surface area contributed by atoms with Gasteiger partial charge in [0.05, 0.1) is 6.10 Å². The van der Waals surface area contributed by atoms with Crippen molar-refractivity contribution in [3.05, 3.63) is 22.7 Å². The van der Waals surface area contributed by atoms with Crippen LogP contribution in [0.4, 0.5) is 0 Å². The molecule has 5 heteroatoms. The van der Waals surface area contributed by atoms with Crippen molar-refractivity contribution in [2.75, 3.05) is 19.8 Å². The molecular weight excluding hydrogens is 344 g/mol. The largest absolute Gasteiger partial charge is 0.486 e. The second-order valence-electron chi connectivity index (χ2n) is 5.19. The maximum atomic E-state index is 6.42. The summed E-state index contributed by atoms with van der Waals surface area (Å²) >= 11 is 10.2. The Balaban J connectivity index is 1.89. The highest BCUT2D eigenvalue weighted by Crippen LogP contribution is 2.46. The Bertz CT molecular complexity index is 494. The van der Waals surface area contributed by atoms with E-state index >= 15 is 0 Å². The summed E-state index contributed by atoms with van der Waals surface area (Å²) in [5.41, 5.74) is 1.06. The summed E-state index contributed by atoms with van der Waals surface area (Å²) in [6.07, 6.45) is 2.37. The third-order valence-electron chi connectivity index (χ3n) is 4.00. The Morgan fingerprint density at radius 1 is 1.25 bits per heavy atom. The first-order valence-corrected chi connectivity index (χ1v) is 8.34. The van der Waals surface area contributed by atoms with E-state index in [1.165, 1.54) is 0 Å². The lowest BCUT2D eigenvalue weighted by atomic mass is 9.91. The molecule has 0 aliphatic carbocycles. The van der Waals surface area contributed by atoms with Crippen LogP contribution in [0.1, 0.15) is 30.2 Å². The third-order valence-corrected chi connectivity index (χ3v) is 5.50. The molecule has 0 amide bonds. The van der Waals surface area contributed by atoms with Crippen LogP contribution in [0.3, 0.4) is 0 Å². The van der Waals surface area contributed by atoms with E-state index in [1.54, 1.807) is 0 Å². The highest BCUT2D eigenvalue weighted by Gasteiger charge is 2.34. The fourth-order valence-corrected chi connectivity index (χ4v) is 4.33. The lowest BCUT2D eigenvalue weighted by Gasteiger charge is -2.25. The first kappa shape index (κ1) is 14.5. The van der Waals surface area contributed by atoms with Crippen molar-refractivity contribution < 1.29 is 14.2 Å². The summed E-state index contributed by atoms with van der Waals surface area (Å²) in [7, 11) is 0. The maximum absolute atomic E-state index is 6.42. The number of hydrogen-bond donors (Lipinski definition) is 0. The van der Waals surface area contributed by atoms with E-state index in [0.29, 0.717) is 25.2 Å². The van der Waals surface area contributed by atoms with E-state index in [-0.39, 0.29) is 4.83 Å². The van der Waals surface area contributed by atoms with Crippen LogP contribution in [-0.4, -0.2) is 25.9 Å². The summed E-state index contributed by atoms with van der Waals surface area (Å²) in [5, 5.41) is 0.720. The highest BCUT2D eigenvalue weighted by molar-refractivity contribution is 9.09. The standard InChI is InChI=1S/C15H18BrClO3/c1-2-12-9(3-4-18-12)15(16)10-7-13-14(8-11(10)17)20-6-5-19-13/h7-9,12,15H,2-6H2,1H3. The summed E-state index contributed by atoms with van der Waals surface area (Å²) in [5.74, 6) is 1.96. The Hall–Kier alpha value is -0.450. The fourth-order valence-electron chi connectivity index (χ4n) is 2.94. The van der Waals surface area contributed by atoms with Gasteiger partial charge >= 0.3 is 0 Å². The molecule has 1 aromatic rings. The van der Waals surface area contributed by atoms with Gasteiger partial charge in [-0.2, -0.15) is 0 Å². The van der Waals surface area contributed by atoms with Crippen molar-refractivity contribution in [3.63, 3.8) is 0 Å². The number of fused-ring (bicyclic) bond motifs is 1. The van der Waals surface area contributed by atoms with Crippen molar-refractivity contribution in [1.82, 2.24) is 0 Å². The minimum absolute atomic E-state index is 0.179. The number of benzene rings is 1. The topological polar surface area (TPSA) is 27.7 Å². The number of rotatable bonds is 3. The molecule has 2 aliphatic heterocycles. The van der Waals surface area contributed by atoms with Crippen LogP contribution in [0.25, 0.3) is 0 Å². The molecule has 3 unspecified atom stereocenters. The molecule has 0 aromatic heterocycles. The van der Waals surface area contributed by atoms with Crippen LogP contribution in [-0.2, 0) is 4.74 Å². The molecule has 1 aromatic carbocycles. The fraction of sp³-hybridized carbons (Fsp3) is 0.600. The summed E-state index contributed by atoms with van der Waals surface area (Å²) in [4.78, 5) is 0.179. The molecule has 3 rings (SSSR count). The van der Waals surface area contributed by atoms with Crippen molar-refractivity contribution in [3.8, 4) is 11.5 Å². The maximum Gasteiger partial charge on any atom is 0.162 e. The van der Waals surface area contributed by atoms with Gasteiger partial charge in [-0.3, -0.25) is 0 Å². The van der Waals surface area contributed by atoms with Crippen LogP contribution in [0.2, 0.25) is 5.02 Å². The van der Waals surface area contributed by atoms with E-state index in [4.69, 9.17) is 25.8 Å². The molecule has 1 saturated heterocycles. The van der Waals surface area contributed by atoms with Crippen LogP contribution >= 0.6 is 27.5 Å². The lowest BCUT2D eigenvalue weighted by molar-refractivity contribution is 0.0872.